The molecule has 130 valence electrons. The van der Waals surface area contributed by atoms with E-state index >= 15 is 0 Å². The van der Waals surface area contributed by atoms with Crippen molar-refractivity contribution < 1.29 is 9.53 Å². The molecule has 0 bridgehead atoms. The second kappa shape index (κ2) is 7.26. The zero-order valence-electron chi connectivity index (χ0n) is 14.5. The Kier molecular flexibility index (Phi) is 4.89. The van der Waals surface area contributed by atoms with Gasteiger partial charge in [-0.1, -0.05) is 30.3 Å². The van der Waals surface area contributed by atoms with E-state index in [-0.39, 0.29) is 12.7 Å². The number of hydrogen-bond acceptors (Lipinski definition) is 5. The molecule has 1 aliphatic heterocycles. The van der Waals surface area contributed by atoms with Crippen molar-refractivity contribution in [3.63, 3.8) is 0 Å². The molecular weight excluding hydrogens is 318 g/mol. The Labute approximate surface area is 147 Å². The first-order chi connectivity index (χ1) is 12.1. The van der Waals surface area contributed by atoms with Crippen molar-refractivity contribution in [2.45, 2.75) is 13.5 Å². The Bertz CT molecular complexity index is 786. The number of carbonyl (C=O) groups is 1. The summed E-state index contributed by atoms with van der Waals surface area (Å²) in [4.78, 5) is 16.0. The molecule has 1 saturated heterocycles. The monoisotopic (exact) mass is 339 g/mol. The van der Waals surface area contributed by atoms with Gasteiger partial charge in [0.05, 0.1) is 5.69 Å². The highest BCUT2D eigenvalue weighted by atomic mass is 16.6. The molecule has 7 nitrogen and oxygen atoms in total. The van der Waals surface area contributed by atoms with Crippen LogP contribution in [-0.4, -0.2) is 47.0 Å². The van der Waals surface area contributed by atoms with Gasteiger partial charge in [0, 0.05) is 33.2 Å². The fraction of sp³-hybridized carbons (Fsp3) is 0.389. The van der Waals surface area contributed by atoms with Crippen LogP contribution in [0.2, 0.25) is 0 Å². The highest BCUT2D eigenvalue weighted by molar-refractivity contribution is 5.68. The molecule has 1 aromatic carbocycles. The molecule has 1 amide bonds. The minimum atomic E-state index is -0.301. The number of nitrogens with zero attached hydrogens (tertiary/aromatic N) is 5. The van der Waals surface area contributed by atoms with Crippen LogP contribution in [0.1, 0.15) is 16.8 Å². The van der Waals surface area contributed by atoms with Gasteiger partial charge < -0.3 is 14.5 Å². The van der Waals surface area contributed by atoms with E-state index in [0.29, 0.717) is 31.7 Å². The number of anilines is 1. The number of aromatic nitrogens is 2. The van der Waals surface area contributed by atoms with Gasteiger partial charge in [0.2, 0.25) is 0 Å². The molecular formula is C18H21N5O2. The maximum Gasteiger partial charge on any atom is 0.410 e. The quantitative estimate of drug-likeness (QED) is 0.856. The summed E-state index contributed by atoms with van der Waals surface area (Å²) in [7, 11) is 1.84. The lowest BCUT2D eigenvalue weighted by Gasteiger charge is -2.35. The van der Waals surface area contributed by atoms with Gasteiger partial charge >= 0.3 is 6.09 Å². The van der Waals surface area contributed by atoms with Crippen LogP contribution in [0.4, 0.5) is 10.6 Å². The molecule has 0 radical (unpaired) electrons. The maximum absolute atomic E-state index is 12.2. The maximum atomic E-state index is 12.2. The van der Waals surface area contributed by atoms with Crippen LogP contribution >= 0.6 is 0 Å². The molecule has 0 unspecified atom stereocenters. The lowest BCUT2D eigenvalue weighted by Crippen LogP contribution is -2.49. The highest BCUT2D eigenvalue weighted by Crippen LogP contribution is 2.23. The van der Waals surface area contributed by atoms with Crippen LogP contribution in [0.15, 0.2) is 30.3 Å². The van der Waals surface area contributed by atoms with Gasteiger partial charge in [0.15, 0.2) is 0 Å². The van der Waals surface area contributed by atoms with E-state index in [2.05, 4.69) is 16.1 Å². The van der Waals surface area contributed by atoms with Crippen molar-refractivity contribution >= 4 is 11.9 Å². The number of nitriles is 1. The Morgan fingerprint density at radius 3 is 2.56 bits per heavy atom. The lowest BCUT2D eigenvalue weighted by molar-refractivity contribution is 0.0941. The van der Waals surface area contributed by atoms with Gasteiger partial charge in [-0.25, -0.2) is 4.79 Å². The third kappa shape index (κ3) is 3.58. The number of ether oxygens (including phenoxy) is 1. The number of benzene rings is 1. The molecule has 1 aromatic heterocycles. The molecule has 0 atom stereocenters. The van der Waals surface area contributed by atoms with E-state index in [9.17, 15) is 10.1 Å². The lowest BCUT2D eigenvalue weighted by atomic mass is 10.2. The van der Waals surface area contributed by atoms with Gasteiger partial charge in [0.25, 0.3) is 0 Å². The number of piperazine rings is 1. The van der Waals surface area contributed by atoms with Crippen molar-refractivity contribution in [3.8, 4) is 6.07 Å². The van der Waals surface area contributed by atoms with Crippen molar-refractivity contribution in [3.05, 3.63) is 47.2 Å². The number of carbonyl (C=O) groups excluding carboxylic acids is 1. The molecule has 0 saturated carbocycles. The Morgan fingerprint density at radius 1 is 1.24 bits per heavy atom. The van der Waals surface area contributed by atoms with E-state index in [1.807, 2.05) is 44.3 Å². The summed E-state index contributed by atoms with van der Waals surface area (Å²) >= 11 is 0. The predicted octanol–water partition coefficient (Wildman–Crippen LogP) is 2.06. The first kappa shape index (κ1) is 16.8. The summed E-state index contributed by atoms with van der Waals surface area (Å²) in [5.41, 5.74) is 2.30. The average molecular weight is 339 g/mol. The standard InChI is InChI=1S/C18H21N5O2/c1-14-16(12-19)17(21(2)20-14)22-8-10-23(11-9-22)18(24)25-13-15-6-4-3-5-7-15/h3-7H,8-11,13H2,1-2H3. The molecule has 0 N–H and O–H groups in total. The molecule has 1 fully saturated rings. The van der Waals surface area contributed by atoms with Crippen LogP contribution < -0.4 is 4.90 Å². The second-order valence-corrected chi connectivity index (χ2v) is 6.03. The smallest absolute Gasteiger partial charge is 0.410 e. The summed E-state index contributed by atoms with van der Waals surface area (Å²) in [6.07, 6.45) is -0.301. The first-order valence-corrected chi connectivity index (χ1v) is 8.24. The highest BCUT2D eigenvalue weighted by Gasteiger charge is 2.26. The number of hydrogen-bond donors (Lipinski definition) is 0. The Balaban J connectivity index is 1.57. The van der Waals surface area contributed by atoms with E-state index in [1.165, 1.54) is 0 Å². The van der Waals surface area contributed by atoms with Gasteiger partial charge in [-0.3, -0.25) is 4.68 Å². The van der Waals surface area contributed by atoms with Crippen LogP contribution in [0.5, 0.6) is 0 Å². The topological polar surface area (TPSA) is 74.4 Å². The molecule has 2 aromatic rings. The normalized spacial score (nSPS) is 14.3. The van der Waals surface area contributed by atoms with E-state index in [0.717, 1.165) is 17.1 Å². The van der Waals surface area contributed by atoms with Crippen LogP contribution in [0, 0.1) is 18.3 Å². The SMILES string of the molecule is Cc1nn(C)c(N2CCN(C(=O)OCc3ccccc3)CC2)c1C#N. The molecule has 2 heterocycles. The van der Waals surface area contributed by atoms with Crippen LogP contribution in [0.3, 0.4) is 0 Å². The largest absolute Gasteiger partial charge is 0.445 e. The fourth-order valence-electron chi connectivity index (χ4n) is 3.05. The van der Waals surface area contributed by atoms with E-state index < -0.39 is 0 Å². The van der Waals surface area contributed by atoms with Crippen molar-refractivity contribution in [2.75, 3.05) is 31.1 Å². The Hall–Kier alpha value is -3.01. The summed E-state index contributed by atoms with van der Waals surface area (Å²) < 4.78 is 7.11. The zero-order valence-corrected chi connectivity index (χ0v) is 14.5. The number of amides is 1. The van der Waals surface area contributed by atoms with Crippen molar-refractivity contribution in [2.24, 2.45) is 7.05 Å². The fourth-order valence-corrected chi connectivity index (χ4v) is 3.05. The van der Waals surface area contributed by atoms with Crippen LogP contribution in [0.25, 0.3) is 0 Å². The summed E-state index contributed by atoms with van der Waals surface area (Å²) in [6.45, 7) is 4.52. The number of aryl methyl sites for hydroxylation is 2. The predicted molar refractivity (Wildman–Crippen MR) is 93.1 cm³/mol. The van der Waals surface area contributed by atoms with Gasteiger partial charge in [-0.2, -0.15) is 10.4 Å². The zero-order chi connectivity index (χ0) is 17.8. The van der Waals surface area contributed by atoms with Crippen molar-refractivity contribution in [1.29, 1.82) is 5.26 Å². The van der Waals surface area contributed by atoms with Crippen molar-refractivity contribution in [1.82, 2.24) is 14.7 Å². The second-order valence-electron chi connectivity index (χ2n) is 6.03. The minimum Gasteiger partial charge on any atom is -0.445 e. The van der Waals surface area contributed by atoms with Crippen LogP contribution in [-0.2, 0) is 18.4 Å². The summed E-state index contributed by atoms with van der Waals surface area (Å²) in [5, 5.41) is 13.7. The molecule has 7 heteroatoms. The molecule has 3 rings (SSSR count). The molecule has 0 spiro atoms. The van der Waals surface area contributed by atoms with Gasteiger partial charge in [0.1, 0.15) is 24.1 Å². The van der Waals surface area contributed by atoms with E-state index in [1.54, 1.807) is 9.58 Å². The first-order valence-electron chi connectivity index (χ1n) is 8.24. The van der Waals surface area contributed by atoms with Gasteiger partial charge in [-0.05, 0) is 12.5 Å². The molecule has 25 heavy (non-hydrogen) atoms. The molecule has 0 aliphatic carbocycles. The number of rotatable bonds is 3. The molecule has 1 aliphatic rings. The Morgan fingerprint density at radius 2 is 1.92 bits per heavy atom. The third-order valence-corrected chi connectivity index (χ3v) is 4.35. The third-order valence-electron chi connectivity index (χ3n) is 4.35. The van der Waals surface area contributed by atoms with Gasteiger partial charge in [-0.15, -0.1) is 0 Å². The summed E-state index contributed by atoms with van der Waals surface area (Å²) in [6, 6.07) is 11.9. The van der Waals surface area contributed by atoms with E-state index in [4.69, 9.17) is 4.74 Å². The minimum absolute atomic E-state index is 0.277. The summed E-state index contributed by atoms with van der Waals surface area (Å²) in [5.74, 6) is 0.817. The average Bonchev–Trinajstić information content (AvgIpc) is 2.93.